The van der Waals surface area contributed by atoms with Crippen molar-refractivity contribution in [2.45, 2.75) is 6.04 Å². The van der Waals surface area contributed by atoms with Gasteiger partial charge in [0, 0.05) is 44.9 Å². The molecule has 12 nitrogen and oxygen atoms in total. The molecule has 3 N–H and O–H groups in total. The van der Waals surface area contributed by atoms with Gasteiger partial charge in [-0.05, 0) is 6.07 Å². The van der Waals surface area contributed by atoms with Crippen LogP contribution in [0.3, 0.4) is 0 Å². The molecule has 0 amide bonds. The second-order valence-corrected chi connectivity index (χ2v) is 7.84. The fourth-order valence-corrected chi connectivity index (χ4v) is 4.02. The molecule has 0 saturated heterocycles. The smallest absolute Gasteiger partial charge is 0.261 e. The van der Waals surface area contributed by atoms with Gasteiger partial charge in [0.15, 0.2) is 17.3 Å². The van der Waals surface area contributed by atoms with Crippen LogP contribution in [0.15, 0.2) is 41.6 Å². The summed E-state index contributed by atoms with van der Waals surface area (Å²) in [4.78, 5) is 32.9. The molecule has 0 radical (unpaired) electrons. The number of hydrogen-bond donors (Lipinski definition) is 3. The Morgan fingerprint density at radius 3 is 2.51 bits per heavy atom. The van der Waals surface area contributed by atoms with E-state index in [1.807, 2.05) is 0 Å². The lowest BCUT2D eigenvalue weighted by atomic mass is 10.1. The summed E-state index contributed by atoms with van der Waals surface area (Å²) >= 11 is 0. The second kappa shape index (κ2) is 9.06. The van der Waals surface area contributed by atoms with Crippen molar-refractivity contribution < 1.29 is 14.2 Å². The number of anilines is 1. The molecular weight excluding hydrogens is 452 g/mol. The third-order valence-electron chi connectivity index (χ3n) is 5.56. The Morgan fingerprint density at radius 1 is 1.06 bits per heavy atom. The molecule has 0 spiro atoms. The van der Waals surface area contributed by atoms with Gasteiger partial charge >= 0.3 is 0 Å². The van der Waals surface area contributed by atoms with Crippen LogP contribution < -0.4 is 20.3 Å². The highest BCUT2D eigenvalue weighted by Crippen LogP contribution is 2.35. The summed E-state index contributed by atoms with van der Waals surface area (Å²) in [7, 11) is 6.49. The van der Waals surface area contributed by atoms with Crippen LogP contribution in [0.25, 0.3) is 33.5 Å². The Balaban J connectivity index is 1.72. The number of nitrogens with zero attached hydrogens (tertiary/aromatic N) is 5. The lowest BCUT2D eigenvalue weighted by Crippen LogP contribution is -2.22. The molecule has 0 fully saturated rings. The Labute approximate surface area is 199 Å². The van der Waals surface area contributed by atoms with Crippen LogP contribution in [-0.2, 0) is 11.8 Å². The monoisotopic (exact) mass is 476 g/mol. The fourth-order valence-electron chi connectivity index (χ4n) is 4.02. The largest absolute Gasteiger partial charge is 0.493 e. The molecule has 5 rings (SSSR count). The zero-order chi connectivity index (χ0) is 24.5. The lowest BCUT2D eigenvalue weighted by molar-refractivity contribution is 0.184. The number of aryl methyl sites for hydroxylation is 1. The fraction of sp³-hybridized carbons (Fsp3) is 0.261. The third-order valence-corrected chi connectivity index (χ3v) is 5.56. The van der Waals surface area contributed by atoms with Gasteiger partial charge in [0.1, 0.15) is 22.9 Å². The van der Waals surface area contributed by atoms with Gasteiger partial charge in [-0.25, -0.2) is 15.0 Å². The maximum absolute atomic E-state index is 13.4. The maximum Gasteiger partial charge on any atom is 0.261 e. The van der Waals surface area contributed by atoms with Crippen LogP contribution in [-0.4, -0.2) is 62.6 Å². The van der Waals surface area contributed by atoms with Gasteiger partial charge in [-0.2, -0.15) is 5.10 Å². The number of aromatic nitrogens is 7. The van der Waals surface area contributed by atoms with E-state index < -0.39 is 6.04 Å². The Kier molecular flexibility index (Phi) is 5.79. The van der Waals surface area contributed by atoms with Crippen LogP contribution in [0.2, 0.25) is 0 Å². The summed E-state index contributed by atoms with van der Waals surface area (Å²) in [6.45, 7) is 0.263. The summed E-state index contributed by atoms with van der Waals surface area (Å²) in [5.74, 6) is 1.95. The quantitative estimate of drug-likeness (QED) is 0.307. The van der Waals surface area contributed by atoms with Gasteiger partial charge in [-0.15, -0.1) is 0 Å². The van der Waals surface area contributed by atoms with Crippen molar-refractivity contribution in [3.63, 3.8) is 0 Å². The first kappa shape index (κ1) is 22.3. The zero-order valence-corrected chi connectivity index (χ0v) is 19.6. The minimum Gasteiger partial charge on any atom is -0.493 e. The van der Waals surface area contributed by atoms with E-state index in [-0.39, 0.29) is 12.2 Å². The first-order valence-corrected chi connectivity index (χ1v) is 10.8. The highest BCUT2D eigenvalue weighted by molar-refractivity contribution is 5.96. The predicted molar refractivity (Wildman–Crippen MR) is 130 cm³/mol. The number of imidazole rings is 1. The minimum atomic E-state index is -0.448. The number of aromatic amines is 2. The van der Waals surface area contributed by atoms with Crippen molar-refractivity contribution in [2.75, 3.05) is 33.3 Å². The number of methoxy groups -OCH3 is 3. The first-order valence-electron chi connectivity index (χ1n) is 10.8. The second-order valence-electron chi connectivity index (χ2n) is 7.84. The van der Waals surface area contributed by atoms with Crippen LogP contribution in [0, 0.1) is 0 Å². The van der Waals surface area contributed by atoms with Crippen molar-refractivity contribution in [3.05, 3.63) is 53.0 Å². The van der Waals surface area contributed by atoms with E-state index in [4.69, 9.17) is 14.2 Å². The summed E-state index contributed by atoms with van der Waals surface area (Å²) in [6.07, 6.45) is 5.05. The average molecular weight is 476 g/mol. The number of rotatable bonds is 8. The van der Waals surface area contributed by atoms with Crippen molar-refractivity contribution in [1.29, 1.82) is 0 Å². The first-order chi connectivity index (χ1) is 17.0. The van der Waals surface area contributed by atoms with Crippen molar-refractivity contribution in [2.24, 2.45) is 7.05 Å². The molecule has 5 aromatic rings. The van der Waals surface area contributed by atoms with E-state index >= 15 is 0 Å². The van der Waals surface area contributed by atoms with E-state index in [1.54, 1.807) is 69.8 Å². The summed E-state index contributed by atoms with van der Waals surface area (Å²) in [5.41, 5.74) is 2.88. The van der Waals surface area contributed by atoms with E-state index in [9.17, 15) is 4.79 Å². The Bertz CT molecular complexity index is 1520. The third kappa shape index (κ3) is 4.04. The van der Waals surface area contributed by atoms with Gasteiger partial charge in [0.2, 0.25) is 0 Å². The molecule has 4 heterocycles. The normalized spacial score (nSPS) is 12.2. The lowest BCUT2D eigenvalue weighted by Gasteiger charge is -2.19. The van der Waals surface area contributed by atoms with Crippen LogP contribution in [0.4, 0.5) is 5.69 Å². The van der Waals surface area contributed by atoms with Gasteiger partial charge < -0.3 is 29.5 Å². The van der Waals surface area contributed by atoms with E-state index in [1.165, 1.54) is 0 Å². The van der Waals surface area contributed by atoms with Crippen LogP contribution >= 0.6 is 0 Å². The Morgan fingerprint density at radius 2 is 1.80 bits per heavy atom. The molecule has 0 aliphatic rings. The molecular formula is C23H24N8O4. The van der Waals surface area contributed by atoms with E-state index in [0.717, 1.165) is 0 Å². The van der Waals surface area contributed by atoms with Gasteiger partial charge in [-0.3, -0.25) is 9.48 Å². The number of fused-ring (bicyclic) bond motifs is 2. The van der Waals surface area contributed by atoms with Crippen molar-refractivity contribution in [3.8, 4) is 22.9 Å². The molecule has 0 aliphatic heterocycles. The standard InChI is InChI=1S/C23H24N8O4/c1-31-10-14-19(30-31)20(26-15(11-33-2)21-24-6-5-7-25-21)18(23(32)29-14)22-27-12-8-16(34-3)17(35-4)9-13(12)28-22/h5-10,15,26H,11H2,1-4H3,(H,27,28)(H,29,32)/t15-/m1/s1. The number of hydrogen-bond acceptors (Lipinski definition) is 9. The molecule has 4 aromatic heterocycles. The summed E-state index contributed by atoms with van der Waals surface area (Å²) in [5, 5.41) is 7.97. The van der Waals surface area contributed by atoms with Gasteiger partial charge in [0.05, 0.1) is 43.1 Å². The summed E-state index contributed by atoms with van der Waals surface area (Å²) in [6, 6.07) is 4.81. The molecule has 1 atom stereocenters. The molecule has 180 valence electrons. The average Bonchev–Trinajstić information content (AvgIpc) is 3.44. The summed E-state index contributed by atoms with van der Waals surface area (Å²) < 4.78 is 17.8. The highest BCUT2D eigenvalue weighted by atomic mass is 16.5. The number of H-pyrrole nitrogens is 2. The highest BCUT2D eigenvalue weighted by Gasteiger charge is 2.24. The Hall–Kier alpha value is -4.45. The molecule has 0 bridgehead atoms. The van der Waals surface area contributed by atoms with Crippen molar-refractivity contribution in [1.82, 2.24) is 34.7 Å². The molecule has 35 heavy (non-hydrogen) atoms. The molecule has 0 aliphatic carbocycles. The molecule has 0 saturated carbocycles. The molecule has 12 heteroatoms. The van der Waals surface area contributed by atoms with E-state index in [2.05, 4.69) is 35.3 Å². The van der Waals surface area contributed by atoms with E-state index in [0.29, 0.717) is 56.5 Å². The van der Waals surface area contributed by atoms with Gasteiger partial charge in [-0.1, -0.05) is 0 Å². The topological polar surface area (TPSA) is 145 Å². The maximum atomic E-state index is 13.4. The molecule has 1 aromatic carbocycles. The number of pyridine rings is 1. The number of benzene rings is 1. The van der Waals surface area contributed by atoms with Crippen LogP contribution in [0.1, 0.15) is 11.9 Å². The zero-order valence-electron chi connectivity index (χ0n) is 19.6. The number of ether oxygens (including phenoxy) is 3. The SMILES string of the molecule is COC[C@@H](Nc1c(-c2nc3cc(OC)c(OC)cc3[nH]2)c(=O)[nH]c2cn(C)nc12)c1ncccn1. The molecule has 0 unspecified atom stereocenters. The minimum absolute atomic E-state index is 0.263. The van der Waals surface area contributed by atoms with Crippen LogP contribution in [0.5, 0.6) is 11.5 Å². The number of nitrogens with one attached hydrogen (secondary N) is 3. The van der Waals surface area contributed by atoms with Crippen molar-refractivity contribution >= 4 is 27.8 Å². The predicted octanol–water partition coefficient (Wildman–Crippen LogP) is 2.41. The van der Waals surface area contributed by atoms with Gasteiger partial charge in [0.25, 0.3) is 5.56 Å².